The zero-order valence-electron chi connectivity index (χ0n) is 15.6. The monoisotopic (exact) mass is 373 g/mol. The molecule has 0 aliphatic carbocycles. The van der Waals surface area contributed by atoms with Crippen LogP contribution >= 0.6 is 0 Å². The number of ether oxygens (including phenoxy) is 2. The van der Waals surface area contributed by atoms with Crippen molar-refractivity contribution in [3.05, 3.63) is 90.0 Å². The molecule has 0 aromatic heterocycles. The second-order valence-electron chi connectivity index (χ2n) is 6.50. The molecule has 1 aliphatic rings. The summed E-state index contributed by atoms with van der Waals surface area (Å²) >= 11 is 0. The molecule has 1 N–H and O–H groups in total. The minimum atomic E-state index is 0.475. The SMILES string of the molecule is C1=NNCCN1c1cccc(OCc2ccccc2)c1OCc1ccccc1. The van der Waals surface area contributed by atoms with Crippen molar-refractivity contribution >= 4 is 12.0 Å². The van der Waals surface area contributed by atoms with Crippen LogP contribution in [0.25, 0.3) is 0 Å². The normalized spacial score (nSPS) is 13.1. The molecule has 28 heavy (non-hydrogen) atoms. The Morgan fingerprint density at radius 1 is 0.786 bits per heavy atom. The van der Waals surface area contributed by atoms with Crippen LogP contribution in [0.1, 0.15) is 11.1 Å². The summed E-state index contributed by atoms with van der Waals surface area (Å²) in [6.45, 7) is 2.56. The molecule has 142 valence electrons. The fourth-order valence-corrected chi connectivity index (χ4v) is 3.04. The van der Waals surface area contributed by atoms with Crippen molar-refractivity contribution in [2.75, 3.05) is 18.0 Å². The van der Waals surface area contributed by atoms with Crippen molar-refractivity contribution in [3.8, 4) is 11.5 Å². The Morgan fingerprint density at radius 2 is 1.46 bits per heavy atom. The highest BCUT2D eigenvalue weighted by atomic mass is 16.5. The summed E-state index contributed by atoms with van der Waals surface area (Å²) in [5, 5.41) is 4.17. The summed E-state index contributed by atoms with van der Waals surface area (Å²) in [6.07, 6.45) is 1.79. The Morgan fingerprint density at radius 3 is 2.11 bits per heavy atom. The van der Waals surface area contributed by atoms with Gasteiger partial charge >= 0.3 is 0 Å². The first-order valence-corrected chi connectivity index (χ1v) is 9.39. The smallest absolute Gasteiger partial charge is 0.185 e. The van der Waals surface area contributed by atoms with E-state index in [0.717, 1.165) is 41.4 Å². The maximum Gasteiger partial charge on any atom is 0.185 e. The molecule has 5 nitrogen and oxygen atoms in total. The van der Waals surface area contributed by atoms with Gasteiger partial charge in [0.05, 0.1) is 12.2 Å². The van der Waals surface area contributed by atoms with Crippen molar-refractivity contribution in [3.63, 3.8) is 0 Å². The van der Waals surface area contributed by atoms with Crippen molar-refractivity contribution in [2.45, 2.75) is 13.2 Å². The third-order valence-corrected chi connectivity index (χ3v) is 4.48. The van der Waals surface area contributed by atoms with Gasteiger partial charge in [-0.15, -0.1) is 0 Å². The molecule has 3 aromatic carbocycles. The molecule has 0 radical (unpaired) electrons. The van der Waals surface area contributed by atoms with E-state index in [2.05, 4.69) is 39.7 Å². The second kappa shape index (κ2) is 8.95. The number of hydrazone groups is 1. The molecule has 1 heterocycles. The van der Waals surface area contributed by atoms with Gasteiger partial charge < -0.3 is 19.8 Å². The zero-order chi connectivity index (χ0) is 19.0. The third kappa shape index (κ3) is 4.43. The van der Waals surface area contributed by atoms with Crippen LogP contribution in [0.3, 0.4) is 0 Å². The molecule has 4 rings (SSSR count). The Kier molecular flexibility index (Phi) is 5.73. The number of hydrogen-bond acceptors (Lipinski definition) is 5. The number of nitrogens with one attached hydrogen (secondary N) is 1. The highest BCUT2D eigenvalue weighted by molar-refractivity contribution is 5.84. The molecule has 0 saturated heterocycles. The highest BCUT2D eigenvalue weighted by Gasteiger charge is 2.18. The summed E-state index contributed by atoms with van der Waals surface area (Å²) in [6, 6.07) is 26.2. The standard InChI is InChI=1S/C23H23N3O2/c1-3-8-19(9-4-1)16-27-22-13-7-12-21(26-15-14-24-25-18-26)23(22)28-17-20-10-5-2-6-11-20/h1-13,18,24H,14-17H2. The van der Waals surface area contributed by atoms with E-state index in [0.29, 0.717) is 13.2 Å². The van der Waals surface area contributed by atoms with Gasteiger partial charge in [0, 0.05) is 6.54 Å². The van der Waals surface area contributed by atoms with Gasteiger partial charge in [0.25, 0.3) is 0 Å². The summed E-state index contributed by atoms with van der Waals surface area (Å²) < 4.78 is 12.4. The maximum absolute atomic E-state index is 6.25. The van der Waals surface area contributed by atoms with Crippen molar-refractivity contribution in [2.24, 2.45) is 5.10 Å². The second-order valence-corrected chi connectivity index (χ2v) is 6.50. The Balaban J connectivity index is 1.60. The van der Waals surface area contributed by atoms with Crippen molar-refractivity contribution in [1.82, 2.24) is 5.43 Å². The lowest BCUT2D eigenvalue weighted by molar-refractivity contribution is 0.256. The van der Waals surface area contributed by atoms with E-state index in [1.54, 1.807) is 6.34 Å². The van der Waals surface area contributed by atoms with Crippen LogP contribution in [-0.4, -0.2) is 19.4 Å². The Labute approximate surface area is 165 Å². The highest BCUT2D eigenvalue weighted by Crippen LogP contribution is 2.38. The van der Waals surface area contributed by atoms with Crippen LogP contribution in [0.15, 0.2) is 84.0 Å². The van der Waals surface area contributed by atoms with E-state index in [1.807, 2.05) is 54.6 Å². The molecule has 1 aliphatic heterocycles. The number of nitrogens with zero attached hydrogens (tertiary/aromatic N) is 2. The molecule has 0 unspecified atom stereocenters. The van der Waals surface area contributed by atoms with Gasteiger partial charge in [-0.3, -0.25) is 0 Å². The summed E-state index contributed by atoms with van der Waals surface area (Å²) in [5.74, 6) is 1.46. The number of para-hydroxylation sites is 1. The molecule has 0 spiro atoms. The lowest BCUT2D eigenvalue weighted by atomic mass is 10.2. The van der Waals surface area contributed by atoms with E-state index in [1.165, 1.54) is 0 Å². The van der Waals surface area contributed by atoms with Crippen LogP contribution in [0.2, 0.25) is 0 Å². The first-order chi connectivity index (χ1) is 13.9. The van der Waals surface area contributed by atoms with Gasteiger partial charge in [-0.2, -0.15) is 5.10 Å². The van der Waals surface area contributed by atoms with E-state index < -0.39 is 0 Å². The summed E-state index contributed by atoms with van der Waals surface area (Å²) in [4.78, 5) is 2.08. The minimum absolute atomic E-state index is 0.475. The predicted octanol–water partition coefficient (Wildman–Crippen LogP) is 4.20. The van der Waals surface area contributed by atoms with Crippen molar-refractivity contribution in [1.29, 1.82) is 0 Å². The Bertz CT molecular complexity index is 914. The van der Waals surface area contributed by atoms with Crippen LogP contribution in [-0.2, 0) is 13.2 Å². The topological polar surface area (TPSA) is 46.1 Å². The summed E-state index contributed by atoms with van der Waals surface area (Å²) in [7, 11) is 0. The predicted molar refractivity (Wildman–Crippen MR) is 112 cm³/mol. The van der Waals surface area contributed by atoms with Crippen LogP contribution in [0, 0.1) is 0 Å². The molecular weight excluding hydrogens is 350 g/mol. The fourth-order valence-electron chi connectivity index (χ4n) is 3.04. The third-order valence-electron chi connectivity index (χ3n) is 4.48. The molecule has 0 amide bonds. The van der Waals surface area contributed by atoms with Crippen molar-refractivity contribution < 1.29 is 9.47 Å². The van der Waals surface area contributed by atoms with E-state index in [4.69, 9.17) is 9.47 Å². The minimum Gasteiger partial charge on any atom is -0.485 e. The molecule has 0 bridgehead atoms. The lowest BCUT2D eigenvalue weighted by Crippen LogP contribution is -2.35. The van der Waals surface area contributed by atoms with Gasteiger partial charge in [0.1, 0.15) is 19.6 Å². The largest absolute Gasteiger partial charge is 0.485 e. The van der Waals surface area contributed by atoms with Crippen LogP contribution < -0.4 is 19.8 Å². The lowest BCUT2D eigenvalue weighted by Gasteiger charge is -2.26. The molecule has 0 fully saturated rings. The first kappa shape index (κ1) is 17.9. The van der Waals surface area contributed by atoms with Gasteiger partial charge in [0.15, 0.2) is 11.5 Å². The molecule has 0 saturated carbocycles. The molecule has 3 aromatic rings. The van der Waals surface area contributed by atoms with E-state index in [9.17, 15) is 0 Å². The number of benzene rings is 3. The average Bonchev–Trinajstić information content (AvgIpc) is 2.78. The quantitative estimate of drug-likeness (QED) is 0.674. The molecular formula is C23H23N3O2. The van der Waals surface area contributed by atoms with Gasteiger partial charge in [-0.05, 0) is 23.3 Å². The fraction of sp³-hybridized carbons (Fsp3) is 0.174. The maximum atomic E-state index is 6.25. The van der Waals surface area contributed by atoms with Crippen LogP contribution in [0.4, 0.5) is 5.69 Å². The average molecular weight is 373 g/mol. The zero-order valence-corrected chi connectivity index (χ0v) is 15.6. The van der Waals surface area contributed by atoms with Crippen LogP contribution in [0.5, 0.6) is 11.5 Å². The van der Waals surface area contributed by atoms with Gasteiger partial charge in [-0.1, -0.05) is 66.7 Å². The van der Waals surface area contributed by atoms with Gasteiger partial charge in [0.2, 0.25) is 0 Å². The van der Waals surface area contributed by atoms with Gasteiger partial charge in [-0.25, -0.2) is 0 Å². The summed E-state index contributed by atoms with van der Waals surface area (Å²) in [5.41, 5.74) is 6.16. The number of rotatable bonds is 7. The molecule has 5 heteroatoms. The van der Waals surface area contributed by atoms with E-state index in [-0.39, 0.29) is 0 Å². The van der Waals surface area contributed by atoms with E-state index >= 15 is 0 Å². The Hall–Kier alpha value is -3.47. The molecule has 0 atom stereocenters. The number of hydrogen-bond donors (Lipinski definition) is 1. The number of anilines is 1. The first-order valence-electron chi connectivity index (χ1n) is 9.39.